The van der Waals surface area contributed by atoms with E-state index in [1.54, 1.807) is 6.08 Å². The Morgan fingerprint density at radius 1 is 1.33 bits per heavy atom. The lowest BCUT2D eigenvalue weighted by molar-refractivity contribution is -0.132. The molecule has 0 amide bonds. The van der Waals surface area contributed by atoms with Crippen molar-refractivity contribution >= 4 is 5.97 Å². The van der Waals surface area contributed by atoms with Gasteiger partial charge in [0.15, 0.2) is 0 Å². The molecule has 1 aliphatic rings. The summed E-state index contributed by atoms with van der Waals surface area (Å²) in [5, 5.41) is 8.71. The zero-order valence-electron chi connectivity index (χ0n) is 7.08. The normalized spacial score (nSPS) is 17.4. The molecule has 0 fully saturated rings. The summed E-state index contributed by atoms with van der Waals surface area (Å²) in [5.74, 6) is -0.828. The summed E-state index contributed by atoms with van der Waals surface area (Å²) in [6, 6.07) is 0. The lowest BCUT2D eigenvalue weighted by atomic mass is 10.1. The number of hydrogen-bond donors (Lipinski definition) is 1. The molecule has 0 aliphatic heterocycles. The molecule has 0 saturated heterocycles. The molecular formula is C10H12O2. The monoisotopic (exact) mass is 164 g/mol. The summed E-state index contributed by atoms with van der Waals surface area (Å²) >= 11 is 0. The van der Waals surface area contributed by atoms with Gasteiger partial charge in [0.05, 0.1) is 0 Å². The fourth-order valence-corrected chi connectivity index (χ4v) is 1.02. The van der Waals surface area contributed by atoms with Crippen molar-refractivity contribution in [2.75, 3.05) is 0 Å². The summed E-state index contributed by atoms with van der Waals surface area (Å²) in [6.45, 7) is 1.99. The highest BCUT2D eigenvalue weighted by Crippen LogP contribution is 2.11. The molecule has 0 unspecified atom stereocenters. The zero-order chi connectivity index (χ0) is 8.97. The topological polar surface area (TPSA) is 37.3 Å². The molecule has 0 heterocycles. The molecule has 2 nitrogen and oxygen atoms in total. The van der Waals surface area contributed by atoms with Crippen molar-refractivity contribution in [1.29, 1.82) is 0 Å². The number of carbonyl (C=O) groups is 1. The predicted molar refractivity (Wildman–Crippen MR) is 47.8 cm³/mol. The largest absolute Gasteiger partial charge is 0.478 e. The van der Waals surface area contributed by atoms with Gasteiger partial charge in [-0.3, -0.25) is 0 Å². The van der Waals surface area contributed by atoms with E-state index in [9.17, 15) is 4.79 Å². The maximum Gasteiger partial charge on any atom is 0.331 e. The van der Waals surface area contributed by atoms with Gasteiger partial charge < -0.3 is 5.11 Å². The van der Waals surface area contributed by atoms with E-state index in [-0.39, 0.29) is 0 Å². The highest BCUT2D eigenvalue weighted by atomic mass is 16.4. The molecule has 64 valence electrons. The lowest BCUT2D eigenvalue weighted by Crippen LogP contribution is -1.99. The summed E-state index contributed by atoms with van der Waals surface area (Å²) in [7, 11) is 0. The number of allylic oxidation sites excluding steroid dienone is 5. The Bertz CT molecular complexity index is 270. The first-order valence-corrected chi connectivity index (χ1v) is 3.95. The van der Waals surface area contributed by atoms with Crippen LogP contribution in [-0.2, 0) is 4.79 Å². The van der Waals surface area contributed by atoms with E-state index in [2.05, 4.69) is 0 Å². The predicted octanol–water partition coefficient (Wildman–Crippen LogP) is 2.29. The van der Waals surface area contributed by atoms with Crippen molar-refractivity contribution < 1.29 is 9.90 Å². The van der Waals surface area contributed by atoms with Crippen LogP contribution >= 0.6 is 0 Å². The summed E-state index contributed by atoms with van der Waals surface area (Å²) in [6.07, 6.45) is 8.90. The fraction of sp³-hybridized carbons (Fsp3) is 0.300. The molecule has 0 atom stereocenters. The van der Waals surface area contributed by atoms with E-state index in [4.69, 9.17) is 5.11 Å². The van der Waals surface area contributed by atoms with Crippen LogP contribution in [0.5, 0.6) is 0 Å². The van der Waals surface area contributed by atoms with E-state index in [0.717, 1.165) is 6.42 Å². The minimum atomic E-state index is -0.828. The van der Waals surface area contributed by atoms with E-state index >= 15 is 0 Å². The average molecular weight is 164 g/mol. The Morgan fingerprint density at radius 3 is 2.67 bits per heavy atom. The highest BCUT2D eigenvalue weighted by molar-refractivity contribution is 5.87. The van der Waals surface area contributed by atoms with Crippen LogP contribution in [0.3, 0.4) is 0 Å². The third kappa shape index (κ3) is 2.38. The van der Waals surface area contributed by atoms with Crippen LogP contribution in [0.2, 0.25) is 0 Å². The number of rotatable bonds is 1. The SMILES string of the molecule is CC1=CC=C(C(=O)O)CC=CC1. The molecule has 0 bridgehead atoms. The number of hydrogen-bond acceptors (Lipinski definition) is 1. The van der Waals surface area contributed by atoms with E-state index < -0.39 is 5.97 Å². The second kappa shape index (κ2) is 3.90. The zero-order valence-corrected chi connectivity index (χ0v) is 7.08. The van der Waals surface area contributed by atoms with Gasteiger partial charge in [-0.15, -0.1) is 0 Å². The van der Waals surface area contributed by atoms with Crippen LogP contribution < -0.4 is 0 Å². The van der Waals surface area contributed by atoms with Crippen LogP contribution in [0, 0.1) is 0 Å². The van der Waals surface area contributed by atoms with E-state index in [0.29, 0.717) is 12.0 Å². The minimum absolute atomic E-state index is 0.449. The molecule has 1 aliphatic carbocycles. The summed E-state index contributed by atoms with van der Waals surface area (Å²) in [5.41, 5.74) is 1.63. The molecule has 0 aromatic carbocycles. The molecule has 0 aromatic rings. The van der Waals surface area contributed by atoms with Crippen molar-refractivity contribution in [3.8, 4) is 0 Å². The molecule has 0 aromatic heterocycles. The van der Waals surface area contributed by atoms with E-state index in [1.165, 1.54) is 5.57 Å². The maximum absolute atomic E-state index is 10.6. The van der Waals surface area contributed by atoms with Gasteiger partial charge in [0.2, 0.25) is 0 Å². The first-order chi connectivity index (χ1) is 5.70. The second-order valence-electron chi connectivity index (χ2n) is 2.89. The molecule has 0 spiro atoms. The number of carboxylic acid groups (broad SMARTS) is 1. The van der Waals surface area contributed by atoms with Gasteiger partial charge in [0.25, 0.3) is 0 Å². The van der Waals surface area contributed by atoms with Crippen LogP contribution in [0.15, 0.2) is 35.5 Å². The Morgan fingerprint density at radius 2 is 2.00 bits per heavy atom. The number of carboxylic acids is 1. The average Bonchev–Trinajstić information content (AvgIpc) is 1.97. The highest BCUT2D eigenvalue weighted by Gasteiger charge is 2.04. The van der Waals surface area contributed by atoms with Crippen LogP contribution in [0.25, 0.3) is 0 Å². The van der Waals surface area contributed by atoms with Crippen LogP contribution in [-0.4, -0.2) is 11.1 Å². The summed E-state index contributed by atoms with van der Waals surface area (Å²) in [4.78, 5) is 10.6. The Kier molecular flexibility index (Phi) is 2.86. The minimum Gasteiger partial charge on any atom is -0.478 e. The lowest BCUT2D eigenvalue weighted by Gasteiger charge is -2.01. The molecule has 1 rings (SSSR count). The van der Waals surface area contributed by atoms with Crippen molar-refractivity contribution in [1.82, 2.24) is 0 Å². The third-order valence-corrected chi connectivity index (χ3v) is 1.79. The Balaban J connectivity index is 2.87. The van der Waals surface area contributed by atoms with Gasteiger partial charge >= 0.3 is 5.97 Å². The van der Waals surface area contributed by atoms with Crippen LogP contribution in [0.4, 0.5) is 0 Å². The van der Waals surface area contributed by atoms with Crippen molar-refractivity contribution in [2.45, 2.75) is 19.8 Å². The van der Waals surface area contributed by atoms with Gasteiger partial charge in [-0.2, -0.15) is 0 Å². The van der Waals surface area contributed by atoms with Crippen LogP contribution in [0.1, 0.15) is 19.8 Å². The molecule has 1 N–H and O–H groups in total. The van der Waals surface area contributed by atoms with Gasteiger partial charge in [-0.25, -0.2) is 4.79 Å². The van der Waals surface area contributed by atoms with Crippen molar-refractivity contribution in [2.24, 2.45) is 0 Å². The quantitative estimate of drug-likeness (QED) is 0.604. The first kappa shape index (κ1) is 8.78. The van der Waals surface area contributed by atoms with Gasteiger partial charge in [-0.1, -0.05) is 29.9 Å². The smallest absolute Gasteiger partial charge is 0.331 e. The molecule has 0 saturated carbocycles. The van der Waals surface area contributed by atoms with Gasteiger partial charge in [-0.05, 0) is 19.8 Å². The molecular weight excluding hydrogens is 152 g/mol. The number of aliphatic carboxylic acids is 1. The summed E-state index contributed by atoms with van der Waals surface area (Å²) < 4.78 is 0. The third-order valence-electron chi connectivity index (χ3n) is 1.79. The first-order valence-electron chi connectivity index (χ1n) is 3.95. The van der Waals surface area contributed by atoms with Crippen molar-refractivity contribution in [3.63, 3.8) is 0 Å². The second-order valence-corrected chi connectivity index (χ2v) is 2.89. The van der Waals surface area contributed by atoms with E-state index in [1.807, 2.05) is 25.2 Å². The Labute approximate surface area is 71.9 Å². The molecule has 12 heavy (non-hydrogen) atoms. The van der Waals surface area contributed by atoms with Crippen molar-refractivity contribution in [3.05, 3.63) is 35.5 Å². The Hall–Kier alpha value is -1.31. The molecule has 2 heteroatoms. The fourth-order valence-electron chi connectivity index (χ4n) is 1.02. The van der Waals surface area contributed by atoms with Gasteiger partial charge in [0, 0.05) is 5.57 Å². The maximum atomic E-state index is 10.6. The van der Waals surface area contributed by atoms with Gasteiger partial charge in [0.1, 0.15) is 0 Å². The standard InChI is InChI=1S/C10H12O2/c1-8-4-2-3-5-9(7-6-8)10(11)12/h2-3,6-7H,4-5H2,1H3,(H,11,12). The molecule has 0 radical (unpaired) electrons.